The minimum Gasteiger partial charge on any atom is -0.394 e. The molecule has 0 fully saturated rings. The summed E-state index contributed by atoms with van der Waals surface area (Å²) in [6.07, 6.45) is 3.66. The van der Waals surface area contributed by atoms with Crippen molar-refractivity contribution < 1.29 is 5.11 Å². The van der Waals surface area contributed by atoms with Gasteiger partial charge in [0.1, 0.15) is 6.07 Å². The van der Waals surface area contributed by atoms with E-state index in [0.29, 0.717) is 12.2 Å². The predicted molar refractivity (Wildman–Crippen MR) is 67.2 cm³/mol. The highest BCUT2D eigenvalue weighted by Crippen LogP contribution is 2.10. The van der Waals surface area contributed by atoms with Gasteiger partial charge < -0.3 is 5.11 Å². The van der Waals surface area contributed by atoms with E-state index in [0.717, 1.165) is 5.56 Å². The Morgan fingerprint density at radius 3 is 2.72 bits per heavy atom. The van der Waals surface area contributed by atoms with Crippen LogP contribution >= 0.6 is 0 Å². The van der Waals surface area contributed by atoms with Crippen LogP contribution in [0.1, 0.15) is 17.0 Å². The van der Waals surface area contributed by atoms with Crippen LogP contribution in [0.4, 0.5) is 0 Å². The van der Waals surface area contributed by atoms with Crippen molar-refractivity contribution in [3.8, 4) is 6.07 Å². The predicted octanol–water partition coefficient (Wildman–Crippen LogP) is 1.31. The molecule has 90 valence electrons. The molecule has 0 aliphatic rings. The average Bonchev–Trinajstić information content (AvgIpc) is 2.80. The first-order chi connectivity index (χ1) is 8.85. The quantitative estimate of drug-likeness (QED) is 0.874. The van der Waals surface area contributed by atoms with E-state index in [4.69, 9.17) is 10.4 Å². The van der Waals surface area contributed by atoms with Gasteiger partial charge in [-0.05, 0) is 11.6 Å². The second-order valence-electron chi connectivity index (χ2n) is 3.63. The molecule has 1 N–H and O–H groups in total. The van der Waals surface area contributed by atoms with Crippen LogP contribution in [0.15, 0.2) is 30.3 Å². The molecule has 0 unspecified atom stereocenters. The van der Waals surface area contributed by atoms with Crippen LogP contribution in [0.25, 0.3) is 12.2 Å². The van der Waals surface area contributed by atoms with Crippen molar-refractivity contribution in [3.63, 3.8) is 0 Å². The van der Waals surface area contributed by atoms with Gasteiger partial charge in [0.15, 0.2) is 5.69 Å². The molecule has 2 aromatic rings. The van der Waals surface area contributed by atoms with E-state index in [9.17, 15) is 0 Å². The van der Waals surface area contributed by atoms with Crippen LogP contribution in [0.3, 0.4) is 0 Å². The van der Waals surface area contributed by atoms with Crippen LogP contribution in [0, 0.1) is 11.3 Å². The van der Waals surface area contributed by atoms with Crippen molar-refractivity contribution in [1.29, 1.82) is 5.26 Å². The summed E-state index contributed by atoms with van der Waals surface area (Å²) in [4.78, 5) is 0. The molecule has 0 atom stereocenters. The number of aliphatic hydroxyl groups excluding tert-OH is 1. The van der Waals surface area contributed by atoms with Gasteiger partial charge in [-0.2, -0.15) is 5.26 Å². The zero-order valence-corrected chi connectivity index (χ0v) is 9.69. The van der Waals surface area contributed by atoms with Crippen LogP contribution in [-0.4, -0.2) is 26.7 Å². The van der Waals surface area contributed by atoms with Crippen LogP contribution in [0.5, 0.6) is 0 Å². The van der Waals surface area contributed by atoms with Crippen molar-refractivity contribution in [3.05, 3.63) is 47.3 Å². The number of nitrogens with zero attached hydrogens (tertiary/aromatic N) is 4. The van der Waals surface area contributed by atoms with Gasteiger partial charge in [0.25, 0.3) is 0 Å². The molecule has 1 heterocycles. The monoisotopic (exact) mass is 240 g/mol. The van der Waals surface area contributed by atoms with E-state index in [-0.39, 0.29) is 12.3 Å². The first kappa shape index (κ1) is 12.0. The van der Waals surface area contributed by atoms with Crippen LogP contribution < -0.4 is 0 Å². The van der Waals surface area contributed by atoms with Crippen LogP contribution in [-0.2, 0) is 6.54 Å². The van der Waals surface area contributed by atoms with Crippen molar-refractivity contribution in [2.45, 2.75) is 6.54 Å². The lowest BCUT2D eigenvalue weighted by Crippen LogP contribution is -2.06. The molecule has 5 heteroatoms. The molecule has 2 rings (SSSR count). The second kappa shape index (κ2) is 5.75. The Bertz CT molecular complexity index is 581. The Balaban J connectivity index is 2.30. The number of rotatable bonds is 4. The lowest BCUT2D eigenvalue weighted by molar-refractivity contribution is 0.267. The topological polar surface area (TPSA) is 74.7 Å². The van der Waals surface area contributed by atoms with Crippen molar-refractivity contribution >= 4 is 12.2 Å². The summed E-state index contributed by atoms with van der Waals surface area (Å²) in [5.41, 5.74) is 1.89. The van der Waals surface area contributed by atoms with Crippen molar-refractivity contribution in [1.82, 2.24) is 15.0 Å². The maximum Gasteiger partial charge on any atom is 0.190 e. The van der Waals surface area contributed by atoms with E-state index < -0.39 is 0 Å². The molecule has 18 heavy (non-hydrogen) atoms. The zero-order valence-electron chi connectivity index (χ0n) is 9.69. The van der Waals surface area contributed by atoms with Gasteiger partial charge in [-0.3, -0.25) is 0 Å². The normalized spacial score (nSPS) is 10.7. The Kier molecular flexibility index (Phi) is 3.84. The number of benzene rings is 1. The molecule has 0 aliphatic carbocycles. The van der Waals surface area contributed by atoms with E-state index in [1.165, 1.54) is 4.68 Å². The number of nitriles is 1. The fraction of sp³-hybridized carbons (Fsp3) is 0.154. The van der Waals surface area contributed by atoms with Gasteiger partial charge in [-0.15, -0.1) is 5.10 Å². The Labute approximate surface area is 105 Å². The summed E-state index contributed by atoms with van der Waals surface area (Å²) < 4.78 is 1.51. The standard InChI is InChI=1S/C13H12N4O/c14-10-12-13(17(8-9-18)16-15-12)7-6-11-4-2-1-3-5-11/h1-7,18H,8-9H2/b7-6+. The first-order valence-electron chi connectivity index (χ1n) is 5.52. The Morgan fingerprint density at radius 1 is 1.28 bits per heavy atom. The summed E-state index contributed by atoms with van der Waals surface area (Å²) in [5.74, 6) is 0. The number of hydrogen-bond donors (Lipinski definition) is 1. The van der Waals surface area contributed by atoms with Gasteiger partial charge in [0.05, 0.1) is 18.8 Å². The minimum absolute atomic E-state index is 0.0413. The SMILES string of the molecule is N#Cc1nnn(CCO)c1/C=C/c1ccccc1. The molecule has 0 amide bonds. The lowest BCUT2D eigenvalue weighted by atomic mass is 10.2. The smallest absolute Gasteiger partial charge is 0.190 e. The van der Waals surface area contributed by atoms with Gasteiger partial charge in [-0.25, -0.2) is 4.68 Å². The highest BCUT2D eigenvalue weighted by Gasteiger charge is 2.08. The molecule has 1 aromatic heterocycles. The zero-order chi connectivity index (χ0) is 12.8. The molecule has 0 bridgehead atoms. The highest BCUT2D eigenvalue weighted by molar-refractivity contribution is 5.69. The van der Waals surface area contributed by atoms with E-state index >= 15 is 0 Å². The molecular formula is C13H12N4O. The fourth-order valence-electron chi connectivity index (χ4n) is 1.56. The van der Waals surface area contributed by atoms with E-state index in [1.54, 1.807) is 6.08 Å². The summed E-state index contributed by atoms with van der Waals surface area (Å²) in [7, 11) is 0. The number of aromatic nitrogens is 3. The van der Waals surface area contributed by atoms with Crippen LogP contribution in [0.2, 0.25) is 0 Å². The fourth-order valence-corrected chi connectivity index (χ4v) is 1.56. The van der Waals surface area contributed by atoms with E-state index in [2.05, 4.69) is 10.3 Å². The lowest BCUT2D eigenvalue weighted by Gasteiger charge is -1.99. The number of aliphatic hydroxyl groups is 1. The van der Waals surface area contributed by atoms with Crippen molar-refractivity contribution in [2.24, 2.45) is 0 Å². The van der Waals surface area contributed by atoms with Gasteiger partial charge in [-0.1, -0.05) is 41.6 Å². The Hall–Kier alpha value is -2.45. The van der Waals surface area contributed by atoms with Gasteiger partial charge in [0, 0.05) is 0 Å². The minimum atomic E-state index is -0.0413. The van der Waals surface area contributed by atoms with Gasteiger partial charge >= 0.3 is 0 Å². The average molecular weight is 240 g/mol. The summed E-state index contributed by atoms with van der Waals surface area (Å²) in [5, 5.41) is 25.4. The maximum atomic E-state index is 8.93. The summed E-state index contributed by atoms with van der Waals surface area (Å²) >= 11 is 0. The second-order valence-corrected chi connectivity index (χ2v) is 3.63. The third-order valence-electron chi connectivity index (χ3n) is 2.42. The third-order valence-corrected chi connectivity index (χ3v) is 2.42. The molecule has 0 saturated heterocycles. The molecule has 0 spiro atoms. The summed E-state index contributed by atoms with van der Waals surface area (Å²) in [6, 6.07) is 11.7. The molecule has 0 saturated carbocycles. The molecular weight excluding hydrogens is 228 g/mol. The van der Waals surface area contributed by atoms with Gasteiger partial charge in [0.2, 0.25) is 0 Å². The van der Waals surface area contributed by atoms with E-state index in [1.807, 2.05) is 42.5 Å². The Morgan fingerprint density at radius 2 is 2.06 bits per heavy atom. The highest BCUT2D eigenvalue weighted by atomic mass is 16.3. The maximum absolute atomic E-state index is 8.93. The molecule has 0 radical (unpaired) electrons. The largest absolute Gasteiger partial charge is 0.394 e. The molecule has 5 nitrogen and oxygen atoms in total. The van der Waals surface area contributed by atoms with Crippen molar-refractivity contribution in [2.75, 3.05) is 6.61 Å². The first-order valence-corrected chi connectivity index (χ1v) is 5.52. The number of hydrogen-bond acceptors (Lipinski definition) is 4. The molecule has 1 aromatic carbocycles. The summed E-state index contributed by atoms with van der Waals surface area (Å²) in [6.45, 7) is 0.281. The molecule has 0 aliphatic heterocycles. The third kappa shape index (κ3) is 2.62.